The van der Waals surface area contributed by atoms with Crippen molar-refractivity contribution in [1.82, 2.24) is 0 Å². The van der Waals surface area contributed by atoms with Crippen LogP contribution in [0.4, 0.5) is 4.39 Å². The van der Waals surface area contributed by atoms with Crippen molar-refractivity contribution < 1.29 is 18.7 Å². The molecule has 5 heteroatoms. The molecule has 0 atom stereocenters. The molecule has 1 saturated heterocycles. The van der Waals surface area contributed by atoms with E-state index in [0.29, 0.717) is 36.3 Å². The highest BCUT2D eigenvalue weighted by molar-refractivity contribution is 9.10. The second kappa shape index (κ2) is 4.31. The van der Waals surface area contributed by atoms with Gasteiger partial charge in [-0.05, 0) is 12.1 Å². The van der Waals surface area contributed by atoms with Crippen LogP contribution in [0.5, 0.6) is 5.75 Å². The Morgan fingerprint density at radius 1 is 1.28 bits per heavy atom. The number of hydrogen-bond acceptors (Lipinski definition) is 3. The third kappa shape index (κ3) is 1.95. The minimum atomic E-state index is -0.522. The summed E-state index contributed by atoms with van der Waals surface area (Å²) < 4.78 is 25.6. The van der Waals surface area contributed by atoms with Crippen molar-refractivity contribution in [3.8, 4) is 5.75 Å². The Labute approximate surface area is 112 Å². The van der Waals surface area contributed by atoms with E-state index in [1.54, 1.807) is 6.07 Å². The number of ketones is 1. The molecule has 96 valence electrons. The van der Waals surface area contributed by atoms with Gasteiger partial charge in [0.1, 0.15) is 17.2 Å². The zero-order chi connectivity index (χ0) is 12.8. The number of ether oxygens (including phenoxy) is 2. The molecular formula is C13H12BrFO3. The molecule has 1 fully saturated rings. The van der Waals surface area contributed by atoms with Crippen LogP contribution >= 0.6 is 15.9 Å². The molecule has 18 heavy (non-hydrogen) atoms. The number of benzene rings is 1. The summed E-state index contributed by atoms with van der Waals surface area (Å²) in [6, 6.07) is 2.95. The Morgan fingerprint density at radius 2 is 2.00 bits per heavy atom. The minimum absolute atomic E-state index is 0.0790. The number of rotatable bonds is 0. The van der Waals surface area contributed by atoms with E-state index in [4.69, 9.17) is 9.47 Å². The van der Waals surface area contributed by atoms with Crippen LogP contribution in [0.2, 0.25) is 0 Å². The molecule has 1 spiro atoms. The summed E-state index contributed by atoms with van der Waals surface area (Å²) in [6.07, 6.45) is 1.58. The van der Waals surface area contributed by atoms with Gasteiger partial charge in [-0.25, -0.2) is 4.39 Å². The van der Waals surface area contributed by atoms with E-state index < -0.39 is 11.4 Å². The molecule has 0 radical (unpaired) electrons. The van der Waals surface area contributed by atoms with E-state index in [2.05, 4.69) is 15.9 Å². The average molecular weight is 315 g/mol. The summed E-state index contributed by atoms with van der Waals surface area (Å²) >= 11 is 3.22. The van der Waals surface area contributed by atoms with Crippen molar-refractivity contribution in [2.24, 2.45) is 0 Å². The van der Waals surface area contributed by atoms with Crippen LogP contribution in [-0.2, 0) is 4.74 Å². The zero-order valence-corrected chi connectivity index (χ0v) is 11.3. The lowest BCUT2D eigenvalue weighted by molar-refractivity contribution is -0.0507. The van der Waals surface area contributed by atoms with Gasteiger partial charge in [-0.15, -0.1) is 0 Å². The molecule has 1 aromatic carbocycles. The summed E-state index contributed by atoms with van der Waals surface area (Å²) in [5, 5.41) is 0. The molecule has 0 aliphatic carbocycles. The molecule has 3 rings (SSSR count). The number of halogens is 2. The Balaban J connectivity index is 2.03. The second-order valence-corrected chi connectivity index (χ2v) is 5.67. The molecule has 0 aromatic heterocycles. The predicted octanol–water partition coefficient (Wildman–Crippen LogP) is 3.10. The fourth-order valence-corrected chi connectivity index (χ4v) is 2.98. The van der Waals surface area contributed by atoms with Gasteiger partial charge in [0.25, 0.3) is 0 Å². The largest absolute Gasteiger partial charge is 0.486 e. The number of carbonyl (C=O) groups excluding carboxylic acids is 1. The lowest BCUT2D eigenvalue weighted by Gasteiger charge is -2.40. The van der Waals surface area contributed by atoms with Crippen LogP contribution in [0.25, 0.3) is 0 Å². The second-order valence-electron chi connectivity index (χ2n) is 4.76. The van der Waals surface area contributed by atoms with E-state index in [1.165, 1.54) is 6.07 Å². The van der Waals surface area contributed by atoms with Crippen molar-refractivity contribution in [1.29, 1.82) is 0 Å². The number of fused-ring (bicyclic) bond motifs is 1. The first kappa shape index (κ1) is 12.1. The maximum atomic E-state index is 13.8. The fraction of sp³-hybridized carbons (Fsp3) is 0.462. The van der Waals surface area contributed by atoms with Crippen LogP contribution in [0, 0.1) is 5.82 Å². The highest BCUT2D eigenvalue weighted by atomic mass is 79.9. The van der Waals surface area contributed by atoms with E-state index in [0.717, 1.165) is 0 Å². The Bertz CT molecular complexity index is 509. The van der Waals surface area contributed by atoms with Crippen LogP contribution in [0.15, 0.2) is 16.6 Å². The lowest BCUT2D eigenvalue weighted by Crippen LogP contribution is -2.46. The summed E-state index contributed by atoms with van der Waals surface area (Å²) in [4.78, 5) is 12.1. The molecule has 1 aromatic rings. The molecule has 0 saturated carbocycles. The SMILES string of the molecule is O=C1CC2(CCOCC2)Oc2cc(Br)cc(F)c21. The van der Waals surface area contributed by atoms with E-state index in [-0.39, 0.29) is 17.8 Å². The van der Waals surface area contributed by atoms with Crippen molar-refractivity contribution >= 4 is 21.7 Å². The summed E-state index contributed by atoms with van der Waals surface area (Å²) in [5.74, 6) is -0.352. The van der Waals surface area contributed by atoms with Crippen LogP contribution in [0.3, 0.4) is 0 Å². The maximum absolute atomic E-state index is 13.8. The molecule has 2 aliphatic heterocycles. The number of carbonyl (C=O) groups is 1. The highest BCUT2D eigenvalue weighted by Gasteiger charge is 2.42. The lowest BCUT2D eigenvalue weighted by atomic mass is 9.84. The molecule has 3 nitrogen and oxygen atoms in total. The molecule has 2 heterocycles. The standard InChI is InChI=1S/C13H12BrFO3/c14-8-5-9(15)12-10(16)7-13(18-11(12)6-8)1-3-17-4-2-13/h5-6H,1-4,7H2. The van der Waals surface area contributed by atoms with E-state index in [1.807, 2.05) is 0 Å². The van der Waals surface area contributed by atoms with Gasteiger partial charge < -0.3 is 9.47 Å². The van der Waals surface area contributed by atoms with Crippen LogP contribution in [-0.4, -0.2) is 24.6 Å². The van der Waals surface area contributed by atoms with Crippen molar-refractivity contribution in [2.45, 2.75) is 24.9 Å². The van der Waals surface area contributed by atoms with Crippen LogP contribution < -0.4 is 4.74 Å². The molecule has 0 amide bonds. The van der Waals surface area contributed by atoms with Gasteiger partial charge >= 0.3 is 0 Å². The van der Waals surface area contributed by atoms with Gasteiger partial charge in [0.05, 0.1) is 25.2 Å². The van der Waals surface area contributed by atoms with Gasteiger partial charge in [-0.3, -0.25) is 4.79 Å². The first-order valence-electron chi connectivity index (χ1n) is 5.89. The summed E-state index contributed by atoms with van der Waals surface area (Å²) in [6.45, 7) is 1.16. The topological polar surface area (TPSA) is 35.5 Å². The Morgan fingerprint density at radius 3 is 2.72 bits per heavy atom. The van der Waals surface area contributed by atoms with Gasteiger partial charge in [0.2, 0.25) is 0 Å². The molecule has 0 unspecified atom stereocenters. The average Bonchev–Trinajstić information content (AvgIpc) is 2.27. The maximum Gasteiger partial charge on any atom is 0.173 e. The summed E-state index contributed by atoms with van der Waals surface area (Å²) in [5.41, 5.74) is -0.425. The third-order valence-corrected chi connectivity index (χ3v) is 3.97. The van der Waals surface area contributed by atoms with Crippen molar-refractivity contribution in [3.05, 3.63) is 28.0 Å². The third-order valence-electron chi connectivity index (χ3n) is 3.51. The molecular weight excluding hydrogens is 303 g/mol. The number of hydrogen-bond donors (Lipinski definition) is 0. The monoisotopic (exact) mass is 314 g/mol. The zero-order valence-electron chi connectivity index (χ0n) is 9.67. The molecule has 0 bridgehead atoms. The van der Waals surface area contributed by atoms with Gasteiger partial charge in [0, 0.05) is 17.3 Å². The minimum Gasteiger partial charge on any atom is -0.486 e. The quantitative estimate of drug-likeness (QED) is 0.738. The first-order chi connectivity index (χ1) is 8.60. The molecule has 0 N–H and O–H groups in total. The van der Waals surface area contributed by atoms with E-state index in [9.17, 15) is 9.18 Å². The van der Waals surface area contributed by atoms with Crippen LogP contribution in [0.1, 0.15) is 29.6 Å². The van der Waals surface area contributed by atoms with Crippen molar-refractivity contribution in [3.63, 3.8) is 0 Å². The Kier molecular flexibility index (Phi) is 2.90. The Hall–Kier alpha value is -0.940. The molecule has 2 aliphatic rings. The van der Waals surface area contributed by atoms with Gasteiger partial charge in [0.15, 0.2) is 5.78 Å². The van der Waals surface area contributed by atoms with Crippen molar-refractivity contribution in [2.75, 3.05) is 13.2 Å². The summed E-state index contributed by atoms with van der Waals surface area (Å²) in [7, 11) is 0. The van der Waals surface area contributed by atoms with E-state index >= 15 is 0 Å². The normalized spacial score (nSPS) is 21.6. The van der Waals surface area contributed by atoms with Gasteiger partial charge in [-0.1, -0.05) is 15.9 Å². The highest BCUT2D eigenvalue weighted by Crippen LogP contribution is 2.41. The van der Waals surface area contributed by atoms with Gasteiger partial charge in [-0.2, -0.15) is 0 Å². The fourth-order valence-electron chi connectivity index (χ4n) is 2.57. The predicted molar refractivity (Wildman–Crippen MR) is 66.5 cm³/mol. The number of Topliss-reactive ketones (excluding diaryl/α,β-unsaturated/α-hetero) is 1. The smallest absolute Gasteiger partial charge is 0.173 e. The first-order valence-corrected chi connectivity index (χ1v) is 6.68.